The summed E-state index contributed by atoms with van der Waals surface area (Å²) in [7, 11) is -1.57. The van der Waals surface area contributed by atoms with Crippen LogP contribution >= 0.6 is 0 Å². The molecule has 3 aromatic rings. The lowest BCUT2D eigenvalue weighted by Crippen LogP contribution is -2.46. The lowest BCUT2D eigenvalue weighted by molar-refractivity contribution is 0.160. The Labute approximate surface area is 157 Å². The Balaban J connectivity index is 1.58. The molecular weight excluding hydrogens is 336 g/mol. The molecule has 2 nitrogen and oxygen atoms in total. The summed E-state index contributed by atoms with van der Waals surface area (Å²) in [4.78, 5) is 0. The Bertz CT molecular complexity index is 826. The standard InChI is InChI=1S/C23H26O2Si/c1-19-12-14-21(15-13-19)25-22-9-7-8-20(16-22)17-24-18-26(2,3)23-10-5-4-6-11-23/h4-16H,17-18H2,1-3H3. The first-order chi connectivity index (χ1) is 12.5. The van der Waals surface area contributed by atoms with Crippen molar-refractivity contribution in [1.82, 2.24) is 0 Å². The van der Waals surface area contributed by atoms with Gasteiger partial charge in [0, 0.05) is 6.23 Å². The molecule has 0 aliphatic heterocycles. The molecule has 0 heterocycles. The summed E-state index contributed by atoms with van der Waals surface area (Å²) in [5.74, 6) is 1.70. The molecule has 0 radical (unpaired) electrons. The Morgan fingerprint density at radius 2 is 1.50 bits per heavy atom. The Morgan fingerprint density at radius 3 is 2.23 bits per heavy atom. The number of aryl methyl sites for hydroxylation is 1. The molecule has 0 aliphatic carbocycles. The van der Waals surface area contributed by atoms with E-state index in [-0.39, 0.29) is 0 Å². The molecule has 0 aliphatic rings. The van der Waals surface area contributed by atoms with E-state index in [9.17, 15) is 0 Å². The SMILES string of the molecule is Cc1ccc(Oc2cccc(COC[Si](C)(C)c3ccccc3)c2)cc1. The van der Waals surface area contributed by atoms with Crippen LogP contribution < -0.4 is 9.92 Å². The third kappa shape index (κ3) is 5.07. The summed E-state index contributed by atoms with van der Waals surface area (Å²) in [6, 6.07) is 26.9. The van der Waals surface area contributed by atoms with E-state index < -0.39 is 8.07 Å². The van der Waals surface area contributed by atoms with Crippen LogP contribution in [0.5, 0.6) is 11.5 Å². The maximum absolute atomic E-state index is 6.07. The van der Waals surface area contributed by atoms with Crippen LogP contribution in [0.25, 0.3) is 0 Å². The smallest absolute Gasteiger partial charge is 0.127 e. The predicted molar refractivity (Wildman–Crippen MR) is 111 cm³/mol. The molecule has 3 rings (SSSR count). The number of benzene rings is 3. The normalized spacial score (nSPS) is 11.3. The monoisotopic (exact) mass is 362 g/mol. The van der Waals surface area contributed by atoms with E-state index in [4.69, 9.17) is 9.47 Å². The zero-order valence-electron chi connectivity index (χ0n) is 15.7. The molecule has 0 spiro atoms. The van der Waals surface area contributed by atoms with Gasteiger partial charge in [-0.3, -0.25) is 0 Å². The molecule has 0 bridgehead atoms. The number of ether oxygens (including phenoxy) is 2. The van der Waals surface area contributed by atoms with Gasteiger partial charge in [-0.2, -0.15) is 0 Å². The highest BCUT2D eigenvalue weighted by atomic mass is 28.3. The fourth-order valence-corrected chi connectivity index (χ4v) is 4.71. The van der Waals surface area contributed by atoms with Gasteiger partial charge in [-0.15, -0.1) is 0 Å². The minimum atomic E-state index is -1.57. The molecule has 0 aromatic heterocycles. The summed E-state index contributed by atoms with van der Waals surface area (Å²) in [6.45, 7) is 7.37. The van der Waals surface area contributed by atoms with Crippen molar-refractivity contribution in [3.05, 3.63) is 90.0 Å². The summed E-state index contributed by atoms with van der Waals surface area (Å²) >= 11 is 0. The fourth-order valence-electron chi connectivity index (χ4n) is 2.84. The summed E-state index contributed by atoms with van der Waals surface area (Å²) in [5, 5.41) is 1.43. The van der Waals surface area contributed by atoms with E-state index in [1.165, 1.54) is 10.8 Å². The molecule has 0 N–H and O–H groups in total. The van der Waals surface area contributed by atoms with E-state index in [1.54, 1.807) is 0 Å². The van der Waals surface area contributed by atoms with Crippen molar-refractivity contribution in [2.45, 2.75) is 26.6 Å². The minimum absolute atomic E-state index is 0.606. The quantitative estimate of drug-likeness (QED) is 0.520. The van der Waals surface area contributed by atoms with Crippen LogP contribution in [0, 0.1) is 6.92 Å². The second-order valence-electron chi connectivity index (χ2n) is 7.31. The maximum Gasteiger partial charge on any atom is 0.127 e. The molecule has 0 unspecified atom stereocenters. The zero-order valence-corrected chi connectivity index (χ0v) is 16.7. The summed E-state index contributed by atoms with van der Waals surface area (Å²) < 4.78 is 12.0. The van der Waals surface area contributed by atoms with Crippen molar-refractivity contribution < 1.29 is 9.47 Å². The highest BCUT2D eigenvalue weighted by Gasteiger charge is 2.23. The van der Waals surface area contributed by atoms with Crippen molar-refractivity contribution in [2.75, 3.05) is 6.23 Å². The summed E-state index contributed by atoms with van der Waals surface area (Å²) in [5.41, 5.74) is 2.36. The molecular formula is C23H26O2Si. The Kier molecular flexibility index (Phi) is 5.91. The van der Waals surface area contributed by atoms with Crippen molar-refractivity contribution in [3.8, 4) is 11.5 Å². The van der Waals surface area contributed by atoms with E-state index >= 15 is 0 Å². The molecule has 134 valence electrons. The lowest BCUT2D eigenvalue weighted by Gasteiger charge is -2.22. The highest BCUT2D eigenvalue weighted by Crippen LogP contribution is 2.23. The molecule has 0 saturated heterocycles. The molecule has 0 fully saturated rings. The van der Waals surface area contributed by atoms with Gasteiger partial charge in [-0.1, -0.05) is 78.4 Å². The van der Waals surface area contributed by atoms with E-state index in [2.05, 4.69) is 74.6 Å². The molecule has 3 aromatic carbocycles. The van der Waals surface area contributed by atoms with Crippen LogP contribution in [0.1, 0.15) is 11.1 Å². The van der Waals surface area contributed by atoms with Crippen molar-refractivity contribution in [3.63, 3.8) is 0 Å². The first kappa shape index (κ1) is 18.4. The Hall–Kier alpha value is -2.36. The fraction of sp³-hybridized carbons (Fsp3) is 0.217. The third-order valence-electron chi connectivity index (χ3n) is 4.44. The van der Waals surface area contributed by atoms with Gasteiger partial charge in [0.05, 0.1) is 6.61 Å². The summed E-state index contributed by atoms with van der Waals surface area (Å²) in [6.07, 6.45) is 0.806. The minimum Gasteiger partial charge on any atom is -0.457 e. The van der Waals surface area contributed by atoms with Gasteiger partial charge >= 0.3 is 0 Å². The molecule has 3 heteroatoms. The second kappa shape index (κ2) is 8.34. The van der Waals surface area contributed by atoms with Crippen LogP contribution in [0.3, 0.4) is 0 Å². The predicted octanol–water partition coefficient (Wildman–Crippen LogP) is 5.46. The molecule has 0 amide bonds. The average Bonchev–Trinajstić information content (AvgIpc) is 2.65. The van der Waals surface area contributed by atoms with E-state index in [1.807, 2.05) is 24.3 Å². The van der Waals surface area contributed by atoms with E-state index in [0.29, 0.717) is 6.61 Å². The largest absolute Gasteiger partial charge is 0.457 e. The van der Waals surface area contributed by atoms with Gasteiger partial charge in [0.2, 0.25) is 0 Å². The molecule has 0 saturated carbocycles. The van der Waals surface area contributed by atoms with Gasteiger partial charge in [0.1, 0.15) is 19.6 Å². The van der Waals surface area contributed by atoms with Crippen LogP contribution in [-0.2, 0) is 11.3 Å². The van der Waals surface area contributed by atoms with Crippen LogP contribution in [-0.4, -0.2) is 14.3 Å². The second-order valence-corrected chi connectivity index (χ2v) is 11.9. The Morgan fingerprint density at radius 1 is 0.769 bits per heavy atom. The van der Waals surface area contributed by atoms with Gasteiger partial charge < -0.3 is 9.47 Å². The number of rotatable bonds is 7. The van der Waals surface area contributed by atoms with Gasteiger partial charge in [0.15, 0.2) is 0 Å². The van der Waals surface area contributed by atoms with Gasteiger partial charge in [-0.05, 0) is 36.8 Å². The topological polar surface area (TPSA) is 18.5 Å². The average molecular weight is 363 g/mol. The third-order valence-corrected chi connectivity index (χ3v) is 7.26. The van der Waals surface area contributed by atoms with Gasteiger partial charge in [0.25, 0.3) is 0 Å². The number of hydrogen-bond acceptors (Lipinski definition) is 2. The molecule has 0 atom stereocenters. The van der Waals surface area contributed by atoms with Crippen LogP contribution in [0.4, 0.5) is 0 Å². The first-order valence-corrected chi connectivity index (χ1v) is 12.2. The van der Waals surface area contributed by atoms with Crippen molar-refractivity contribution in [1.29, 1.82) is 0 Å². The van der Waals surface area contributed by atoms with Crippen LogP contribution in [0.2, 0.25) is 13.1 Å². The molecule has 26 heavy (non-hydrogen) atoms. The maximum atomic E-state index is 6.07. The zero-order chi connectivity index (χ0) is 18.4. The first-order valence-electron chi connectivity index (χ1n) is 9.00. The van der Waals surface area contributed by atoms with E-state index in [0.717, 1.165) is 23.3 Å². The number of hydrogen-bond donors (Lipinski definition) is 0. The van der Waals surface area contributed by atoms with Crippen molar-refractivity contribution >= 4 is 13.3 Å². The highest BCUT2D eigenvalue weighted by molar-refractivity contribution is 6.89. The van der Waals surface area contributed by atoms with Gasteiger partial charge in [-0.25, -0.2) is 0 Å². The lowest BCUT2D eigenvalue weighted by atomic mass is 10.2. The van der Waals surface area contributed by atoms with Crippen molar-refractivity contribution in [2.24, 2.45) is 0 Å². The van der Waals surface area contributed by atoms with Crippen LogP contribution in [0.15, 0.2) is 78.9 Å².